The van der Waals surface area contributed by atoms with Gasteiger partial charge < -0.3 is 14.8 Å². The minimum atomic E-state index is -1.30. The van der Waals surface area contributed by atoms with Crippen molar-refractivity contribution < 1.29 is 23.1 Å². The molecule has 0 saturated heterocycles. The predicted octanol–water partition coefficient (Wildman–Crippen LogP) is 2.28. The van der Waals surface area contributed by atoms with Crippen molar-refractivity contribution in [3.63, 3.8) is 0 Å². The lowest BCUT2D eigenvalue weighted by Crippen LogP contribution is -2.42. The molecule has 2 N–H and O–H groups in total. The Bertz CT molecular complexity index is 604. The number of halogens is 2. The van der Waals surface area contributed by atoms with Crippen LogP contribution in [0.15, 0.2) is 41.0 Å². The standard InChI is InChI=1S/C15H15F2NO3/c1-15(20,8-10-4-3-7-21-10)9-18-14(19)13-11(16)5-2-6-12(13)17/h2-7,20H,8-9H2,1H3,(H,18,19). The molecular formula is C15H15F2NO3. The molecule has 21 heavy (non-hydrogen) atoms. The van der Waals surface area contributed by atoms with Crippen LogP contribution in [0.3, 0.4) is 0 Å². The molecule has 4 nitrogen and oxygen atoms in total. The maximum Gasteiger partial charge on any atom is 0.257 e. The Balaban J connectivity index is 2.00. The molecule has 0 saturated carbocycles. The number of rotatable bonds is 5. The monoisotopic (exact) mass is 295 g/mol. The van der Waals surface area contributed by atoms with E-state index in [9.17, 15) is 18.7 Å². The van der Waals surface area contributed by atoms with Gasteiger partial charge in [0.05, 0.1) is 11.9 Å². The summed E-state index contributed by atoms with van der Waals surface area (Å²) in [6.45, 7) is 1.33. The van der Waals surface area contributed by atoms with Gasteiger partial charge in [-0.25, -0.2) is 8.78 Å². The first-order chi connectivity index (χ1) is 9.89. The number of furan rings is 1. The highest BCUT2D eigenvalue weighted by Crippen LogP contribution is 2.15. The number of hydrogen-bond donors (Lipinski definition) is 2. The van der Waals surface area contributed by atoms with Gasteiger partial charge in [-0.1, -0.05) is 6.07 Å². The van der Waals surface area contributed by atoms with Gasteiger partial charge in [-0.2, -0.15) is 0 Å². The zero-order chi connectivity index (χ0) is 15.5. The molecule has 1 aromatic carbocycles. The van der Waals surface area contributed by atoms with Crippen LogP contribution in [0, 0.1) is 11.6 Å². The van der Waals surface area contributed by atoms with Gasteiger partial charge in [0.1, 0.15) is 23.0 Å². The van der Waals surface area contributed by atoms with E-state index >= 15 is 0 Å². The maximum absolute atomic E-state index is 13.4. The van der Waals surface area contributed by atoms with Crippen LogP contribution < -0.4 is 5.32 Å². The van der Waals surface area contributed by atoms with Gasteiger partial charge in [-0.15, -0.1) is 0 Å². The summed E-state index contributed by atoms with van der Waals surface area (Å²) >= 11 is 0. The van der Waals surface area contributed by atoms with Crippen molar-refractivity contribution in [2.75, 3.05) is 6.54 Å². The van der Waals surface area contributed by atoms with Crippen molar-refractivity contribution in [3.05, 3.63) is 59.6 Å². The molecule has 0 aliphatic carbocycles. The van der Waals surface area contributed by atoms with E-state index in [0.29, 0.717) is 5.76 Å². The number of carbonyl (C=O) groups excluding carboxylic acids is 1. The highest BCUT2D eigenvalue weighted by Gasteiger charge is 2.25. The maximum atomic E-state index is 13.4. The number of carbonyl (C=O) groups is 1. The smallest absolute Gasteiger partial charge is 0.257 e. The molecule has 6 heteroatoms. The second kappa shape index (κ2) is 6.05. The second-order valence-electron chi connectivity index (χ2n) is 5.03. The van der Waals surface area contributed by atoms with Gasteiger partial charge in [-0.3, -0.25) is 4.79 Å². The van der Waals surface area contributed by atoms with Crippen molar-refractivity contribution in [1.82, 2.24) is 5.32 Å². The van der Waals surface area contributed by atoms with E-state index in [1.54, 1.807) is 12.1 Å². The predicted molar refractivity (Wildman–Crippen MR) is 71.7 cm³/mol. The zero-order valence-corrected chi connectivity index (χ0v) is 11.4. The number of amides is 1. The summed E-state index contributed by atoms with van der Waals surface area (Å²) in [4.78, 5) is 11.8. The molecule has 0 fully saturated rings. The van der Waals surface area contributed by atoms with Crippen LogP contribution in [0.5, 0.6) is 0 Å². The van der Waals surface area contributed by atoms with Crippen LogP contribution in [-0.2, 0) is 6.42 Å². The topological polar surface area (TPSA) is 62.5 Å². The third kappa shape index (κ3) is 3.88. The van der Waals surface area contributed by atoms with Crippen molar-refractivity contribution in [1.29, 1.82) is 0 Å². The molecule has 1 amide bonds. The van der Waals surface area contributed by atoms with Crippen molar-refractivity contribution in [3.8, 4) is 0 Å². The molecule has 0 radical (unpaired) electrons. The lowest BCUT2D eigenvalue weighted by Gasteiger charge is -2.22. The molecule has 0 spiro atoms. The van der Waals surface area contributed by atoms with E-state index in [0.717, 1.165) is 12.1 Å². The quantitative estimate of drug-likeness (QED) is 0.889. The summed E-state index contributed by atoms with van der Waals surface area (Å²) in [5, 5.41) is 12.5. The third-order valence-electron chi connectivity index (χ3n) is 2.95. The number of benzene rings is 1. The van der Waals surface area contributed by atoms with Gasteiger partial charge in [0.15, 0.2) is 0 Å². The summed E-state index contributed by atoms with van der Waals surface area (Å²) < 4.78 is 32.0. The van der Waals surface area contributed by atoms with Crippen LogP contribution in [0.2, 0.25) is 0 Å². The average Bonchev–Trinajstić information content (AvgIpc) is 2.88. The largest absolute Gasteiger partial charge is 0.469 e. The van der Waals surface area contributed by atoms with E-state index in [2.05, 4.69) is 5.32 Å². The Morgan fingerprint density at radius 3 is 2.52 bits per heavy atom. The average molecular weight is 295 g/mol. The number of hydrogen-bond acceptors (Lipinski definition) is 3. The van der Waals surface area contributed by atoms with E-state index < -0.39 is 28.7 Å². The Morgan fingerprint density at radius 2 is 1.95 bits per heavy atom. The highest BCUT2D eigenvalue weighted by atomic mass is 19.1. The van der Waals surface area contributed by atoms with Gasteiger partial charge in [0, 0.05) is 13.0 Å². The molecule has 112 valence electrons. The Morgan fingerprint density at radius 1 is 1.29 bits per heavy atom. The summed E-state index contributed by atoms with van der Waals surface area (Å²) in [5.41, 5.74) is -1.96. The Hall–Kier alpha value is -2.21. The molecule has 1 heterocycles. The van der Waals surface area contributed by atoms with Gasteiger partial charge in [0.2, 0.25) is 0 Å². The van der Waals surface area contributed by atoms with Crippen molar-refractivity contribution in [2.24, 2.45) is 0 Å². The van der Waals surface area contributed by atoms with E-state index in [-0.39, 0.29) is 13.0 Å². The third-order valence-corrected chi connectivity index (χ3v) is 2.95. The molecule has 0 aliphatic heterocycles. The number of aliphatic hydroxyl groups is 1. The molecule has 1 aromatic heterocycles. The fourth-order valence-corrected chi connectivity index (χ4v) is 1.92. The minimum Gasteiger partial charge on any atom is -0.469 e. The molecular weight excluding hydrogens is 280 g/mol. The van der Waals surface area contributed by atoms with Crippen LogP contribution >= 0.6 is 0 Å². The van der Waals surface area contributed by atoms with Crippen LogP contribution in [0.25, 0.3) is 0 Å². The van der Waals surface area contributed by atoms with E-state index in [1.165, 1.54) is 19.3 Å². The summed E-state index contributed by atoms with van der Waals surface area (Å²) in [6, 6.07) is 6.54. The lowest BCUT2D eigenvalue weighted by molar-refractivity contribution is 0.0508. The van der Waals surface area contributed by atoms with Crippen LogP contribution in [0.1, 0.15) is 23.0 Å². The highest BCUT2D eigenvalue weighted by molar-refractivity contribution is 5.94. The molecule has 0 aliphatic rings. The van der Waals surface area contributed by atoms with Crippen molar-refractivity contribution in [2.45, 2.75) is 18.9 Å². The first-order valence-corrected chi connectivity index (χ1v) is 6.36. The zero-order valence-electron chi connectivity index (χ0n) is 11.4. The SMILES string of the molecule is CC(O)(CNC(=O)c1c(F)cccc1F)Cc1ccco1. The van der Waals surface area contributed by atoms with Gasteiger partial charge in [0.25, 0.3) is 5.91 Å². The molecule has 0 bridgehead atoms. The molecule has 1 unspecified atom stereocenters. The summed E-state index contributed by atoms with van der Waals surface area (Å²) in [7, 11) is 0. The summed E-state index contributed by atoms with van der Waals surface area (Å²) in [5.74, 6) is -2.26. The second-order valence-corrected chi connectivity index (χ2v) is 5.03. The molecule has 2 rings (SSSR count). The minimum absolute atomic E-state index is 0.166. The molecule has 1 atom stereocenters. The first-order valence-electron chi connectivity index (χ1n) is 6.36. The fourth-order valence-electron chi connectivity index (χ4n) is 1.92. The normalized spacial score (nSPS) is 13.7. The Kier molecular flexibility index (Phi) is 4.37. The van der Waals surface area contributed by atoms with E-state index in [4.69, 9.17) is 4.42 Å². The van der Waals surface area contributed by atoms with E-state index in [1.807, 2.05) is 0 Å². The van der Waals surface area contributed by atoms with Crippen LogP contribution in [-0.4, -0.2) is 23.2 Å². The summed E-state index contributed by atoms with van der Waals surface area (Å²) in [6.07, 6.45) is 1.64. The van der Waals surface area contributed by atoms with Crippen LogP contribution in [0.4, 0.5) is 8.78 Å². The number of nitrogens with one attached hydrogen (secondary N) is 1. The van der Waals surface area contributed by atoms with Gasteiger partial charge >= 0.3 is 0 Å². The molecule has 2 aromatic rings. The van der Waals surface area contributed by atoms with Gasteiger partial charge in [-0.05, 0) is 31.2 Å². The Labute approximate surface area is 120 Å². The fraction of sp³-hybridized carbons (Fsp3) is 0.267. The lowest BCUT2D eigenvalue weighted by atomic mass is 10.0. The van der Waals surface area contributed by atoms with Crippen molar-refractivity contribution >= 4 is 5.91 Å². The first kappa shape index (κ1) is 15.2.